The predicted octanol–water partition coefficient (Wildman–Crippen LogP) is 0.0902. The van der Waals surface area contributed by atoms with Crippen molar-refractivity contribution in [2.45, 2.75) is 20.0 Å². The quantitative estimate of drug-likeness (QED) is 0.613. The van der Waals surface area contributed by atoms with Gasteiger partial charge in [0.25, 0.3) is 5.91 Å². The SMILES string of the molecule is Cc1cccnc1C(=O)NCCNCC(C)O. The Morgan fingerprint density at radius 3 is 2.94 bits per heavy atom. The van der Waals surface area contributed by atoms with Crippen molar-refractivity contribution in [3.05, 3.63) is 29.6 Å². The minimum absolute atomic E-state index is 0.165. The first-order valence-corrected chi connectivity index (χ1v) is 5.70. The molecule has 0 aliphatic heterocycles. The summed E-state index contributed by atoms with van der Waals surface area (Å²) >= 11 is 0. The number of aliphatic hydroxyl groups excluding tert-OH is 1. The van der Waals surface area contributed by atoms with E-state index in [-0.39, 0.29) is 12.0 Å². The van der Waals surface area contributed by atoms with Crippen LogP contribution in [-0.4, -0.2) is 41.7 Å². The molecule has 94 valence electrons. The third-order valence-corrected chi connectivity index (χ3v) is 2.25. The summed E-state index contributed by atoms with van der Waals surface area (Å²) in [5, 5.41) is 14.8. The molecular weight excluding hydrogens is 218 g/mol. The van der Waals surface area contributed by atoms with E-state index in [2.05, 4.69) is 15.6 Å². The highest BCUT2D eigenvalue weighted by atomic mass is 16.3. The number of hydrogen-bond acceptors (Lipinski definition) is 4. The smallest absolute Gasteiger partial charge is 0.270 e. The van der Waals surface area contributed by atoms with Crippen molar-refractivity contribution in [3.8, 4) is 0 Å². The standard InChI is InChI=1S/C12H19N3O2/c1-9-4-3-5-14-11(9)12(17)15-7-6-13-8-10(2)16/h3-5,10,13,16H,6-8H2,1-2H3,(H,15,17). The van der Waals surface area contributed by atoms with Crippen LogP contribution in [0.1, 0.15) is 23.0 Å². The third-order valence-electron chi connectivity index (χ3n) is 2.25. The first kappa shape index (κ1) is 13.6. The van der Waals surface area contributed by atoms with Crippen molar-refractivity contribution >= 4 is 5.91 Å². The van der Waals surface area contributed by atoms with Gasteiger partial charge in [-0.05, 0) is 25.5 Å². The molecule has 3 N–H and O–H groups in total. The van der Waals surface area contributed by atoms with Crippen LogP contribution in [0.2, 0.25) is 0 Å². The number of aliphatic hydroxyl groups is 1. The molecule has 0 fully saturated rings. The molecule has 0 bridgehead atoms. The van der Waals surface area contributed by atoms with E-state index in [1.807, 2.05) is 13.0 Å². The number of hydrogen-bond donors (Lipinski definition) is 3. The summed E-state index contributed by atoms with van der Waals surface area (Å²) < 4.78 is 0. The normalized spacial score (nSPS) is 12.2. The Kier molecular flexibility index (Phi) is 5.59. The number of carbonyl (C=O) groups excluding carboxylic acids is 1. The Balaban J connectivity index is 2.29. The van der Waals surface area contributed by atoms with Crippen LogP contribution in [0.15, 0.2) is 18.3 Å². The second kappa shape index (κ2) is 6.98. The first-order valence-electron chi connectivity index (χ1n) is 5.70. The van der Waals surface area contributed by atoms with Crippen LogP contribution in [0.4, 0.5) is 0 Å². The molecule has 0 spiro atoms. The van der Waals surface area contributed by atoms with E-state index in [1.54, 1.807) is 19.2 Å². The van der Waals surface area contributed by atoms with E-state index in [1.165, 1.54) is 0 Å². The summed E-state index contributed by atoms with van der Waals surface area (Å²) in [5.41, 5.74) is 1.32. The van der Waals surface area contributed by atoms with Crippen molar-refractivity contribution in [3.63, 3.8) is 0 Å². The number of amides is 1. The van der Waals surface area contributed by atoms with Crippen LogP contribution >= 0.6 is 0 Å². The van der Waals surface area contributed by atoms with Crippen LogP contribution in [0.3, 0.4) is 0 Å². The van der Waals surface area contributed by atoms with Gasteiger partial charge in [-0.2, -0.15) is 0 Å². The topological polar surface area (TPSA) is 74.2 Å². The fourth-order valence-electron chi connectivity index (χ4n) is 1.38. The van der Waals surface area contributed by atoms with Crippen LogP contribution in [0.5, 0.6) is 0 Å². The maximum absolute atomic E-state index is 11.7. The molecule has 5 nitrogen and oxygen atoms in total. The summed E-state index contributed by atoms with van der Waals surface area (Å²) in [7, 11) is 0. The van der Waals surface area contributed by atoms with E-state index in [0.717, 1.165) is 5.56 Å². The highest BCUT2D eigenvalue weighted by molar-refractivity contribution is 5.93. The monoisotopic (exact) mass is 237 g/mol. The lowest BCUT2D eigenvalue weighted by molar-refractivity contribution is 0.0948. The summed E-state index contributed by atoms with van der Waals surface area (Å²) in [6, 6.07) is 3.66. The summed E-state index contributed by atoms with van der Waals surface area (Å²) in [6.45, 7) is 5.24. The van der Waals surface area contributed by atoms with Crippen LogP contribution in [0.25, 0.3) is 0 Å². The van der Waals surface area contributed by atoms with Crippen LogP contribution in [0, 0.1) is 6.92 Å². The molecule has 5 heteroatoms. The number of pyridine rings is 1. The fourth-order valence-corrected chi connectivity index (χ4v) is 1.38. The van der Waals surface area contributed by atoms with E-state index >= 15 is 0 Å². The van der Waals surface area contributed by atoms with E-state index in [9.17, 15) is 4.79 Å². The lowest BCUT2D eigenvalue weighted by Gasteiger charge is -2.08. The predicted molar refractivity (Wildman–Crippen MR) is 65.9 cm³/mol. The Bertz CT molecular complexity index is 367. The van der Waals surface area contributed by atoms with Gasteiger partial charge >= 0.3 is 0 Å². The minimum Gasteiger partial charge on any atom is -0.392 e. The van der Waals surface area contributed by atoms with Gasteiger partial charge < -0.3 is 15.7 Å². The Morgan fingerprint density at radius 1 is 1.53 bits per heavy atom. The molecule has 1 heterocycles. The molecule has 0 saturated carbocycles. The average molecular weight is 237 g/mol. The summed E-state index contributed by atoms with van der Waals surface area (Å²) in [6.07, 6.45) is 1.23. The van der Waals surface area contributed by atoms with Crippen molar-refractivity contribution in [1.29, 1.82) is 0 Å². The second-order valence-corrected chi connectivity index (χ2v) is 3.98. The molecule has 17 heavy (non-hydrogen) atoms. The van der Waals surface area contributed by atoms with Gasteiger partial charge in [-0.1, -0.05) is 6.07 Å². The molecule has 0 aliphatic rings. The van der Waals surface area contributed by atoms with E-state index < -0.39 is 0 Å². The van der Waals surface area contributed by atoms with Crippen molar-refractivity contribution in [2.24, 2.45) is 0 Å². The molecule has 1 amide bonds. The lowest BCUT2D eigenvalue weighted by Crippen LogP contribution is -2.35. The number of aromatic nitrogens is 1. The van der Waals surface area contributed by atoms with Gasteiger partial charge in [0.05, 0.1) is 6.10 Å². The number of carbonyl (C=O) groups is 1. The second-order valence-electron chi connectivity index (χ2n) is 3.98. The van der Waals surface area contributed by atoms with Crippen molar-refractivity contribution < 1.29 is 9.90 Å². The summed E-state index contributed by atoms with van der Waals surface area (Å²) in [4.78, 5) is 15.7. The Morgan fingerprint density at radius 2 is 2.29 bits per heavy atom. The number of nitrogens with zero attached hydrogens (tertiary/aromatic N) is 1. The molecular formula is C12H19N3O2. The third kappa shape index (κ3) is 4.93. The average Bonchev–Trinajstić information content (AvgIpc) is 2.28. The maximum Gasteiger partial charge on any atom is 0.270 e. The Labute approximate surface area is 101 Å². The van der Waals surface area contributed by atoms with Crippen LogP contribution in [-0.2, 0) is 0 Å². The van der Waals surface area contributed by atoms with Gasteiger partial charge in [-0.3, -0.25) is 9.78 Å². The number of nitrogens with one attached hydrogen (secondary N) is 2. The Hall–Kier alpha value is -1.46. The first-order chi connectivity index (χ1) is 8.11. The number of rotatable bonds is 6. The molecule has 1 atom stereocenters. The minimum atomic E-state index is -0.372. The van der Waals surface area contributed by atoms with Gasteiger partial charge in [0.1, 0.15) is 5.69 Å². The van der Waals surface area contributed by atoms with Crippen LogP contribution < -0.4 is 10.6 Å². The van der Waals surface area contributed by atoms with Gasteiger partial charge in [-0.25, -0.2) is 0 Å². The zero-order valence-electron chi connectivity index (χ0n) is 10.2. The van der Waals surface area contributed by atoms with Gasteiger partial charge in [-0.15, -0.1) is 0 Å². The van der Waals surface area contributed by atoms with Crippen molar-refractivity contribution in [2.75, 3.05) is 19.6 Å². The molecule has 1 aromatic rings. The lowest BCUT2D eigenvalue weighted by atomic mass is 10.2. The zero-order chi connectivity index (χ0) is 12.7. The number of aryl methyl sites for hydroxylation is 1. The molecule has 0 saturated heterocycles. The van der Waals surface area contributed by atoms with Gasteiger partial charge in [0, 0.05) is 25.8 Å². The molecule has 1 aromatic heterocycles. The summed E-state index contributed by atoms with van der Waals surface area (Å²) in [5.74, 6) is -0.165. The molecule has 0 aromatic carbocycles. The van der Waals surface area contributed by atoms with E-state index in [4.69, 9.17) is 5.11 Å². The molecule has 1 rings (SSSR count). The highest BCUT2D eigenvalue weighted by Gasteiger charge is 2.08. The van der Waals surface area contributed by atoms with E-state index in [0.29, 0.717) is 25.3 Å². The largest absolute Gasteiger partial charge is 0.392 e. The molecule has 1 unspecified atom stereocenters. The highest BCUT2D eigenvalue weighted by Crippen LogP contribution is 2.01. The maximum atomic E-state index is 11.7. The molecule has 0 radical (unpaired) electrons. The zero-order valence-corrected chi connectivity index (χ0v) is 10.2. The molecule has 0 aliphatic carbocycles. The van der Waals surface area contributed by atoms with Gasteiger partial charge in [0.15, 0.2) is 0 Å². The van der Waals surface area contributed by atoms with Gasteiger partial charge in [0.2, 0.25) is 0 Å². The van der Waals surface area contributed by atoms with Crippen molar-refractivity contribution in [1.82, 2.24) is 15.6 Å². The fraction of sp³-hybridized carbons (Fsp3) is 0.500.